The average molecular weight is 370 g/mol. The van der Waals surface area contributed by atoms with E-state index in [1.807, 2.05) is 26.2 Å². The SMILES string of the molecule is C=C/C(C(=O)Nc1ccc(C)c(NC(=O)c2cncn2C)c1)=C(/C)SC. The Kier molecular flexibility index (Phi) is 6.41. The Labute approximate surface area is 157 Å². The first-order chi connectivity index (χ1) is 12.4. The second-order valence-electron chi connectivity index (χ2n) is 5.71. The van der Waals surface area contributed by atoms with Gasteiger partial charge in [-0.15, -0.1) is 11.8 Å². The first kappa shape index (κ1) is 19.5. The Morgan fingerprint density at radius 3 is 2.62 bits per heavy atom. The van der Waals surface area contributed by atoms with Gasteiger partial charge in [0.05, 0.1) is 12.5 Å². The lowest BCUT2D eigenvalue weighted by Gasteiger charge is -2.13. The maximum atomic E-state index is 12.4. The summed E-state index contributed by atoms with van der Waals surface area (Å²) in [6.45, 7) is 7.46. The van der Waals surface area contributed by atoms with Crippen LogP contribution in [0, 0.1) is 6.92 Å². The van der Waals surface area contributed by atoms with Crippen LogP contribution in [-0.4, -0.2) is 27.6 Å². The summed E-state index contributed by atoms with van der Waals surface area (Å²) >= 11 is 1.49. The van der Waals surface area contributed by atoms with Crippen molar-refractivity contribution in [3.05, 3.63) is 65.1 Å². The number of imidazole rings is 1. The van der Waals surface area contributed by atoms with Gasteiger partial charge in [-0.25, -0.2) is 4.98 Å². The van der Waals surface area contributed by atoms with Crippen molar-refractivity contribution in [1.82, 2.24) is 9.55 Å². The van der Waals surface area contributed by atoms with Crippen LogP contribution in [0.1, 0.15) is 23.0 Å². The molecule has 2 amide bonds. The Morgan fingerprint density at radius 2 is 2.04 bits per heavy atom. The van der Waals surface area contributed by atoms with Gasteiger partial charge in [0.1, 0.15) is 5.69 Å². The maximum absolute atomic E-state index is 12.4. The number of anilines is 2. The fourth-order valence-electron chi connectivity index (χ4n) is 2.30. The van der Waals surface area contributed by atoms with Crippen molar-refractivity contribution in [1.29, 1.82) is 0 Å². The summed E-state index contributed by atoms with van der Waals surface area (Å²) in [5.74, 6) is -0.499. The number of thioether (sulfide) groups is 1. The topological polar surface area (TPSA) is 76.0 Å². The van der Waals surface area contributed by atoms with Crippen LogP contribution in [0.2, 0.25) is 0 Å². The molecule has 0 saturated heterocycles. The van der Waals surface area contributed by atoms with Gasteiger partial charge in [-0.2, -0.15) is 0 Å². The van der Waals surface area contributed by atoms with Gasteiger partial charge in [-0.1, -0.05) is 18.7 Å². The lowest BCUT2D eigenvalue weighted by molar-refractivity contribution is -0.112. The molecule has 1 heterocycles. The van der Waals surface area contributed by atoms with Gasteiger partial charge < -0.3 is 15.2 Å². The van der Waals surface area contributed by atoms with Gasteiger partial charge in [0.2, 0.25) is 0 Å². The van der Waals surface area contributed by atoms with Crippen LogP contribution in [0.25, 0.3) is 0 Å². The second-order valence-corrected chi connectivity index (χ2v) is 6.73. The van der Waals surface area contributed by atoms with Crippen molar-refractivity contribution in [3.8, 4) is 0 Å². The van der Waals surface area contributed by atoms with E-state index in [-0.39, 0.29) is 11.8 Å². The van der Waals surface area contributed by atoms with Crippen molar-refractivity contribution in [2.45, 2.75) is 13.8 Å². The zero-order valence-electron chi connectivity index (χ0n) is 15.3. The number of benzene rings is 1. The third kappa shape index (κ3) is 4.43. The molecule has 0 bridgehead atoms. The molecule has 0 aliphatic carbocycles. The minimum Gasteiger partial charge on any atom is -0.330 e. The minimum atomic E-state index is -0.263. The molecule has 0 unspecified atom stereocenters. The summed E-state index contributed by atoms with van der Waals surface area (Å²) < 4.78 is 1.64. The van der Waals surface area contributed by atoms with E-state index in [1.54, 1.807) is 36.2 Å². The minimum absolute atomic E-state index is 0.236. The molecule has 7 heteroatoms. The molecule has 0 radical (unpaired) electrons. The Morgan fingerprint density at radius 1 is 1.31 bits per heavy atom. The van der Waals surface area contributed by atoms with Crippen molar-refractivity contribution < 1.29 is 9.59 Å². The molecule has 2 rings (SSSR count). The highest BCUT2D eigenvalue weighted by atomic mass is 32.2. The Balaban J connectivity index is 2.22. The molecule has 1 aromatic carbocycles. The lowest BCUT2D eigenvalue weighted by Crippen LogP contribution is -2.17. The van der Waals surface area contributed by atoms with Gasteiger partial charge in [-0.3, -0.25) is 9.59 Å². The number of amides is 2. The van der Waals surface area contributed by atoms with E-state index >= 15 is 0 Å². The van der Waals surface area contributed by atoms with E-state index in [0.717, 1.165) is 10.5 Å². The van der Waals surface area contributed by atoms with Crippen LogP contribution in [0.15, 0.2) is 53.9 Å². The van der Waals surface area contributed by atoms with Crippen LogP contribution < -0.4 is 10.6 Å². The molecular formula is C19H22N4O2S. The van der Waals surface area contributed by atoms with E-state index in [1.165, 1.54) is 18.0 Å². The van der Waals surface area contributed by atoms with Crippen LogP contribution in [0.5, 0.6) is 0 Å². The molecule has 26 heavy (non-hydrogen) atoms. The highest BCUT2D eigenvalue weighted by Gasteiger charge is 2.13. The molecule has 136 valence electrons. The normalized spacial score (nSPS) is 11.5. The molecule has 1 aromatic heterocycles. The van der Waals surface area contributed by atoms with Crippen LogP contribution in [0.3, 0.4) is 0 Å². The van der Waals surface area contributed by atoms with Crippen LogP contribution in [0.4, 0.5) is 11.4 Å². The fourth-order valence-corrected chi connectivity index (χ4v) is 2.70. The van der Waals surface area contributed by atoms with E-state index < -0.39 is 0 Å². The number of rotatable bonds is 6. The molecule has 2 aromatic rings. The third-order valence-corrected chi connectivity index (χ3v) is 4.76. The number of aromatic nitrogens is 2. The summed E-state index contributed by atoms with van der Waals surface area (Å²) in [6, 6.07) is 5.37. The third-order valence-electron chi connectivity index (χ3n) is 3.93. The lowest BCUT2D eigenvalue weighted by atomic mass is 10.1. The van der Waals surface area contributed by atoms with Gasteiger partial charge in [0.15, 0.2) is 0 Å². The number of carbonyl (C=O) groups excluding carboxylic acids is 2. The predicted molar refractivity (Wildman–Crippen MR) is 107 cm³/mol. The average Bonchev–Trinajstić information content (AvgIpc) is 3.04. The van der Waals surface area contributed by atoms with E-state index in [2.05, 4.69) is 22.2 Å². The number of hydrogen-bond donors (Lipinski definition) is 2. The molecule has 0 saturated carbocycles. The molecule has 0 aliphatic heterocycles. The predicted octanol–water partition coefficient (Wildman–Crippen LogP) is 3.74. The molecule has 0 atom stereocenters. The van der Waals surface area contributed by atoms with Crippen LogP contribution in [-0.2, 0) is 11.8 Å². The molecular weight excluding hydrogens is 348 g/mol. The highest BCUT2D eigenvalue weighted by Crippen LogP contribution is 2.23. The molecule has 0 aliphatic rings. The maximum Gasteiger partial charge on any atom is 0.273 e. The summed E-state index contributed by atoms with van der Waals surface area (Å²) in [5.41, 5.74) is 3.08. The van der Waals surface area contributed by atoms with Crippen molar-refractivity contribution in [2.24, 2.45) is 7.05 Å². The summed E-state index contributed by atoms with van der Waals surface area (Å²) in [5, 5.41) is 5.70. The second kappa shape index (κ2) is 8.53. The van der Waals surface area contributed by atoms with Gasteiger partial charge >= 0.3 is 0 Å². The standard InChI is InChI=1S/C19H22N4O2S/c1-6-15(13(3)26-5)18(24)21-14-8-7-12(2)16(9-14)22-19(25)17-10-20-11-23(17)4/h6-11H,1H2,2-5H3,(H,21,24)(H,22,25)/b15-13+. The van der Waals surface area contributed by atoms with Crippen molar-refractivity contribution in [2.75, 3.05) is 16.9 Å². The quantitative estimate of drug-likeness (QED) is 0.600. The molecule has 0 fully saturated rings. The van der Waals surface area contributed by atoms with Gasteiger partial charge in [0.25, 0.3) is 11.8 Å². The number of hydrogen-bond acceptors (Lipinski definition) is 4. The molecule has 2 N–H and O–H groups in total. The zero-order valence-corrected chi connectivity index (χ0v) is 16.1. The number of carbonyl (C=O) groups is 2. The van der Waals surface area contributed by atoms with Gasteiger partial charge in [-0.05, 0) is 42.7 Å². The summed E-state index contributed by atoms with van der Waals surface area (Å²) in [4.78, 5) is 29.7. The monoisotopic (exact) mass is 370 g/mol. The fraction of sp³-hybridized carbons (Fsp3) is 0.211. The van der Waals surface area contributed by atoms with E-state index in [4.69, 9.17) is 0 Å². The van der Waals surface area contributed by atoms with Crippen molar-refractivity contribution in [3.63, 3.8) is 0 Å². The Hall–Kier alpha value is -2.80. The smallest absolute Gasteiger partial charge is 0.273 e. The first-order valence-corrected chi connectivity index (χ1v) is 9.16. The van der Waals surface area contributed by atoms with E-state index in [0.29, 0.717) is 22.6 Å². The number of nitrogens with one attached hydrogen (secondary N) is 2. The van der Waals surface area contributed by atoms with E-state index in [9.17, 15) is 9.59 Å². The Bertz CT molecular complexity index is 883. The number of allylic oxidation sites excluding steroid dienone is 1. The number of aryl methyl sites for hydroxylation is 2. The summed E-state index contributed by atoms with van der Waals surface area (Å²) in [7, 11) is 1.75. The summed E-state index contributed by atoms with van der Waals surface area (Å²) in [6.07, 6.45) is 6.52. The zero-order chi connectivity index (χ0) is 19.3. The number of nitrogens with zero attached hydrogens (tertiary/aromatic N) is 2. The van der Waals surface area contributed by atoms with Gasteiger partial charge in [0, 0.05) is 24.0 Å². The van der Waals surface area contributed by atoms with Crippen LogP contribution >= 0.6 is 11.8 Å². The first-order valence-electron chi connectivity index (χ1n) is 7.94. The van der Waals surface area contributed by atoms with Crippen molar-refractivity contribution >= 4 is 35.0 Å². The highest BCUT2D eigenvalue weighted by molar-refractivity contribution is 8.02. The molecule has 6 nitrogen and oxygen atoms in total. The molecule has 0 spiro atoms. The largest absolute Gasteiger partial charge is 0.330 e.